The number of rotatable bonds is 7. The monoisotopic (exact) mass is 520 g/mol. The molecule has 0 radical (unpaired) electrons. The van der Waals surface area contributed by atoms with Crippen LogP contribution in [0.4, 0.5) is 47.0 Å². The van der Waals surface area contributed by atoms with Crippen molar-refractivity contribution in [3.63, 3.8) is 0 Å². The van der Waals surface area contributed by atoms with Crippen LogP contribution in [0.25, 0.3) is 22.1 Å². The molecule has 0 unspecified atom stereocenters. The number of H-pyrrole nitrogens is 2. The number of aromatic nitrogens is 4. The zero-order valence-corrected chi connectivity index (χ0v) is 17.4. The van der Waals surface area contributed by atoms with E-state index in [1.807, 2.05) is 0 Å². The maximum absolute atomic E-state index is 14.2. The van der Waals surface area contributed by atoms with E-state index in [0.29, 0.717) is 0 Å². The molecule has 0 bridgehead atoms. The van der Waals surface area contributed by atoms with E-state index in [1.165, 1.54) is 48.5 Å². The van der Waals surface area contributed by atoms with Crippen LogP contribution in [0.5, 0.6) is 0 Å². The molecule has 2 aromatic heterocycles. The molecule has 16 heteroatoms. The van der Waals surface area contributed by atoms with E-state index < -0.39 is 47.4 Å². The summed E-state index contributed by atoms with van der Waals surface area (Å²) in [7, 11) is 0. The van der Waals surface area contributed by atoms with Crippen molar-refractivity contribution in [2.24, 2.45) is 0 Å². The minimum atomic E-state index is -7.04. The molecule has 0 saturated heterocycles. The van der Waals surface area contributed by atoms with Crippen LogP contribution in [-0.2, 0) is 9.59 Å². The number of anilines is 2. The molecule has 4 aromatic rings. The Bertz CT molecular complexity index is 1290. The molecule has 36 heavy (non-hydrogen) atoms. The summed E-state index contributed by atoms with van der Waals surface area (Å²) >= 11 is 0. The number of fused-ring (bicyclic) bond motifs is 2. The lowest BCUT2D eigenvalue weighted by molar-refractivity contribution is -0.345. The Morgan fingerprint density at radius 3 is 1.28 bits per heavy atom. The minimum absolute atomic E-state index is 0.0852. The summed E-state index contributed by atoms with van der Waals surface area (Å²) in [6, 6.07) is 11.2. The molecule has 0 fully saturated rings. The van der Waals surface area contributed by atoms with Gasteiger partial charge in [-0.05, 0) is 24.3 Å². The second-order valence-electron chi connectivity index (χ2n) is 7.41. The Hall–Kier alpha value is -4.24. The number of para-hydroxylation sites is 4. The third kappa shape index (κ3) is 3.77. The van der Waals surface area contributed by atoms with Gasteiger partial charge in [0.1, 0.15) is 0 Å². The molecule has 0 aliphatic rings. The van der Waals surface area contributed by atoms with Gasteiger partial charge in [-0.15, -0.1) is 0 Å². The summed E-state index contributed by atoms with van der Waals surface area (Å²) in [5, 5.41) is 2.31. The van der Waals surface area contributed by atoms with Crippen molar-refractivity contribution in [2.45, 2.75) is 23.7 Å². The van der Waals surface area contributed by atoms with Crippen molar-refractivity contribution < 1.29 is 44.7 Å². The summed E-state index contributed by atoms with van der Waals surface area (Å²) in [4.78, 5) is 35.2. The zero-order valence-electron chi connectivity index (χ0n) is 17.4. The van der Waals surface area contributed by atoms with E-state index in [2.05, 4.69) is 19.9 Å². The Balaban J connectivity index is 1.57. The second kappa shape index (κ2) is 8.17. The van der Waals surface area contributed by atoms with Crippen LogP contribution in [-0.4, -0.2) is 55.4 Å². The largest absolute Gasteiger partial charge is 0.393 e. The van der Waals surface area contributed by atoms with Gasteiger partial charge in [-0.25, -0.2) is 9.97 Å². The maximum Gasteiger partial charge on any atom is 0.393 e. The van der Waals surface area contributed by atoms with Crippen LogP contribution in [0, 0.1) is 0 Å². The summed E-state index contributed by atoms with van der Waals surface area (Å²) in [6.07, 6.45) is 0. The Morgan fingerprint density at radius 2 is 0.944 bits per heavy atom. The molecular formula is C20H12F8N6O2. The van der Waals surface area contributed by atoms with Crippen LogP contribution in [0.2, 0.25) is 0 Å². The molecule has 0 aliphatic carbocycles. The lowest BCUT2D eigenvalue weighted by Gasteiger charge is -2.35. The topological polar surface area (TPSA) is 116 Å². The van der Waals surface area contributed by atoms with Crippen molar-refractivity contribution in [1.82, 2.24) is 19.9 Å². The number of amides is 2. The highest BCUT2D eigenvalue weighted by Crippen LogP contribution is 2.53. The number of halogens is 8. The minimum Gasteiger partial charge on any atom is -0.324 e. The van der Waals surface area contributed by atoms with Crippen LogP contribution in [0.1, 0.15) is 0 Å². The van der Waals surface area contributed by atoms with Gasteiger partial charge in [0.25, 0.3) is 0 Å². The maximum atomic E-state index is 14.2. The SMILES string of the molecule is O=C(Nc1nc2ccccc2[nH]1)C(F)(F)C(F)(F)C(F)(F)C(F)(F)C(=O)Nc1nc2ccccc2[nH]1. The first-order valence-electron chi connectivity index (χ1n) is 9.72. The van der Waals surface area contributed by atoms with Gasteiger partial charge in [-0.3, -0.25) is 20.2 Å². The third-order valence-corrected chi connectivity index (χ3v) is 5.00. The van der Waals surface area contributed by atoms with Crippen molar-refractivity contribution in [2.75, 3.05) is 10.6 Å². The number of carbonyl (C=O) groups is 2. The number of carbonyl (C=O) groups excluding carboxylic acids is 2. The summed E-state index contributed by atoms with van der Waals surface area (Å²) in [5.41, 5.74) is 0.480. The molecule has 2 aromatic carbocycles. The number of nitrogens with zero attached hydrogens (tertiary/aromatic N) is 2. The molecule has 0 atom stereocenters. The highest BCUT2D eigenvalue weighted by atomic mass is 19.4. The Morgan fingerprint density at radius 1 is 0.611 bits per heavy atom. The van der Waals surface area contributed by atoms with Crippen molar-refractivity contribution in [3.05, 3.63) is 48.5 Å². The third-order valence-electron chi connectivity index (χ3n) is 5.00. The van der Waals surface area contributed by atoms with Gasteiger partial charge in [-0.2, -0.15) is 35.1 Å². The molecular weight excluding hydrogens is 508 g/mol. The molecule has 2 amide bonds. The Kier molecular flexibility index (Phi) is 5.64. The van der Waals surface area contributed by atoms with E-state index >= 15 is 0 Å². The van der Waals surface area contributed by atoms with Gasteiger partial charge in [0, 0.05) is 0 Å². The number of alkyl halides is 8. The van der Waals surface area contributed by atoms with Crippen molar-refractivity contribution >= 4 is 45.8 Å². The van der Waals surface area contributed by atoms with E-state index in [-0.39, 0.29) is 22.1 Å². The van der Waals surface area contributed by atoms with Gasteiger partial charge < -0.3 is 9.97 Å². The first kappa shape index (κ1) is 24.9. The Labute approximate surface area is 194 Å². The number of nitrogens with one attached hydrogen (secondary N) is 4. The molecule has 0 aliphatic heterocycles. The van der Waals surface area contributed by atoms with Crippen molar-refractivity contribution in [3.8, 4) is 0 Å². The van der Waals surface area contributed by atoms with Crippen LogP contribution in [0.3, 0.4) is 0 Å². The smallest absolute Gasteiger partial charge is 0.324 e. The standard InChI is InChI=1S/C20H12F8N6O2/c21-17(22,13(35)33-15-29-9-5-1-2-6-10(9)30-15)19(25,26)20(27,28)18(23,24)14(36)34-16-31-11-7-3-4-8-12(11)32-16/h1-8H,(H2,29,30,33,35)(H2,31,32,34,36). The predicted octanol–water partition coefficient (Wildman–Crippen LogP) is 4.56. The van der Waals surface area contributed by atoms with Crippen LogP contribution in [0.15, 0.2) is 48.5 Å². The first-order valence-corrected chi connectivity index (χ1v) is 9.72. The van der Waals surface area contributed by atoms with Gasteiger partial charge >= 0.3 is 35.5 Å². The fraction of sp³-hybridized carbons (Fsp3) is 0.200. The second-order valence-corrected chi connectivity index (χ2v) is 7.41. The quantitative estimate of drug-likeness (QED) is 0.268. The highest BCUT2D eigenvalue weighted by molar-refractivity contribution is 5.99. The molecule has 8 nitrogen and oxygen atoms in total. The highest BCUT2D eigenvalue weighted by Gasteiger charge is 2.84. The summed E-state index contributed by atoms with van der Waals surface area (Å²) in [6.45, 7) is 0. The molecule has 4 N–H and O–H groups in total. The summed E-state index contributed by atoms with van der Waals surface area (Å²) in [5.74, 6) is -34.7. The lowest BCUT2D eigenvalue weighted by Crippen LogP contribution is -2.67. The predicted molar refractivity (Wildman–Crippen MR) is 109 cm³/mol. The average molecular weight is 520 g/mol. The fourth-order valence-corrected chi connectivity index (χ4v) is 3.08. The summed E-state index contributed by atoms with van der Waals surface area (Å²) < 4.78 is 114. The zero-order chi connectivity index (χ0) is 26.5. The van der Waals surface area contributed by atoms with Crippen LogP contribution >= 0.6 is 0 Å². The van der Waals surface area contributed by atoms with Crippen LogP contribution < -0.4 is 10.6 Å². The van der Waals surface area contributed by atoms with Crippen molar-refractivity contribution in [1.29, 1.82) is 0 Å². The lowest BCUT2D eigenvalue weighted by atomic mass is 9.97. The number of imidazole rings is 2. The van der Waals surface area contributed by atoms with E-state index in [1.54, 1.807) is 0 Å². The number of aromatic amines is 2. The van der Waals surface area contributed by atoms with Gasteiger partial charge in [0.15, 0.2) is 0 Å². The molecule has 4 rings (SSSR count). The van der Waals surface area contributed by atoms with Gasteiger partial charge in [0.05, 0.1) is 22.1 Å². The average Bonchev–Trinajstić information content (AvgIpc) is 3.41. The van der Waals surface area contributed by atoms with Gasteiger partial charge in [0.2, 0.25) is 11.9 Å². The fourth-order valence-electron chi connectivity index (χ4n) is 3.08. The number of benzene rings is 2. The first-order chi connectivity index (χ1) is 16.7. The molecule has 2 heterocycles. The molecule has 190 valence electrons. The molecule has 0 saturated carbocycles. The number of hydrogen-bond donors (Lipinski definition) is 4. The number of hydrogen-bond acceptors (Lipinski definition) is 4. The van der Waals surface area contributed by atoms with E-state index in [4.69, 9.17) is 0 Å². The van der Waals surface area contributed by atoms with E-state index in [0.717, 1.165) is 10.6 Å². The van der Waals surface area contributed by atoms with Gasteiger partial charge in [-0.1, -0.05) is 24.3 Å². The normalized spacial score (nSPS) is 13.2. The van der Waals surface area contributed by atoms with E-state index in [9.17, 15) is 44.7 Å². The molecule has 0 spiro atoms.